The summed E-state index contributed by atoms with van der Waals surface area (Å²) in [5, 5.41) is 19.6. The van der Waals surface area contributed by atoms with Crippen molar-refractivity contribution in [2.45, 2.75) is 50.7 Å². The molecule has 0 spiro atoms. The van der Waals surface area contributed by atoms with E-state index in [2.05, 4.69) is 21.6 Å². The number of benzene rings is 1. The molecule has 1 heterocycles. The zero-order valence-electron chi connectivity index (χ0n) is 14.0. The number of fused-ring (bicyclic) bond motifs is 1. The van der Waals surface area contributed by atoms with Gasteiger partial charge in [0.1, 0.15) is 5.54 Å². The number of esters is 1. The molecule has 7 heteroatoms. The number of carbonyl (C=O) groups excluding carboxylic acids is 2. The van der Waals surface area contributed by atoms with Gasteiger partial charge in [-0.25, -0.2) is 4.79 Å². The Morgan fingerprint density at radius 2 is 2.04 bits per heavy atom. The molecule has 2 aromatic rings. The first kappa shape index (κ1) is 17.0. The number of ether oxygens (including phenoxy) is 1. The second kappa shape index (κ2) is 6.93. The summed E-state index contributed by atoms with van der Waals surface area (Å²) in [4.78, 5) is 24.7. The molecule has 1 atom stereocenters. The van der Waals surface area contributed by atoms with Crippen LogP contribution in [-0.2, 0) is 9.53 Å². The highest BCUT2D eigenvalue weighted by molar-refractivity contribution is 6.02. The molecular weight excluding hydrogens is 320 g/mol. The summed E-state index contributed by atoms with van der Waals surface area (Å²) in [5.74, 6) is -1.13. The third-order valence-electron chi connectivity index (χ3n) is 4.60. The Morgan fingerprint density at radius 3 is 2.76 bits per heavy atom. The van der Waals surface area contributed by atoms with E-state index in [1.165, 1.54) is 6.92 Å². The zero-order valence-corrected chi connectivity index (χ0v) is 14.0. The third kappa shape index (κ3) is 3.48. The van der Waals surface area contributed by atoms with Crippen LogP contribution in [0.15, 0.2) is 24.3 Å². The number of hydrogen-bond acceptors (Lipinski definition) is 5. The SMILES string of the molecule is C[C@H](OC(=O)c1n[nH]c2ccccc12)C(=O)NC1(C#N)CCCCC1. The Labute approximate surface area is 145 Å². The van der Waals surface area contributed by atoms with Gasteiger partial charge in [0.15, 0.2) is 11.8 Å². The fourth-order valence-corrected chi connectivity index (χ4v) is 3.15. The molecule has 130 valence electrons. The predicted molar refractivity (Wildman–Crippen MR) is 90.5 cm³/mol. The van der Waals surface area contributed by atoms with Crippen LogP contribution in [0.1, 0.15) is 49.5 Å². The van der Waals surface area contributed by atoms with E-state index in [0.29, 0.717) is 18.2 Å². The van der Waals surface area contributed by atoms with E-state index >= 15 is 0 Å². The fourth-order valence-electron chi connectivity index (χ4n) is 3.15. The van der Waals surface area contributed by atoms with Crippen LogP contribution >= 0.6 is 0 Å². The minimum atomic E-state index is -1.00. The monoisotopic (exact) mass is 340 g/mol. The second-order valence-corrected chi connectivity index (χ2v) is 6.41. The maximum absolute atomic E-state index is 12.4. The van der Waals surface area contributed by atoms with Gasteiger partial charge in [0.25, 0.3) is 5.91 Å². The number of hydrogen-bond donors (Lipinski definition) is 2. The predicted octanol–water partition coefficient (Wildman–Crippen LogP) is 2.45. The van der Waals surface area contributed by atoms with Crippen molar-refractivity contribution in [2.24, 2.45) is 0 Å². The van der Waals surface area contributed by atoms with Crippen molar-refractivity contribution in [3.8, 4) is 6.07 Å². The number of aromatic amines is 1. The molecule has 0 radical (unpaired) electrons. The molecule has 0 bridgehead atoms. The van der Waals surface area contributed by atoms with E-state index in [0.717, 1.165) is 24.8 Å². The molecule has 0 aliphatic heterocycles. The highest BCUT2D eigenvalue weighted by Crippen LogP contribution is 2.27. The van der Waals surface area contributed by atoms with Crippen LogP contribution < -0.4 is 5.32 Å². The summed E-state index contributed by atoms with van der Waals surface area (Å²) >= 11 is 0. The molecule has 7 nitrogen and oxygen atoms in total. The van der Waals surface area contributed by atoms with Crippen molar-refractivity contribution >= 4 is 22.8 Å². The Bertz CT molecular complexity index is 830. The zero-order chi connectivity index (χ0) is 17.9. The number of aromatic nitrogens is 2. The number of carbonyl (C=O) groups is 2. The van der Waals surface area contributed by atoms with Gasteiger partial charge in [0.05, 0.1) is 11.6 Å². The van der Waals surface area contributed by atoms with E-state index in [1.54, 1.807) is 18.2 Å². The van der Waals surface area contributed by atoms with E-state index in [1.807, 2.05) is 6.07 Å². The minimum Gasteiger partial charge on any atom is -0.448 e. The first-order chi connectivity index (χ1) is 12.0. The van der Waals surface area contributed by atoms with E-state index in [9.17, 15) is 14.9 Å². The molecule has 1 aliphatic carbocycles. The summed E-state index contributed by atoms with van der Waals surface area (Å²) in [7, 11) is 0. The van der Waals surface area contributed by atoms with Gasteiger partial charge in [-0.05, 0) is 25.8 Å². The van der Waals surface area contributed by atoms with Crippen LogP contribution in [0.2, 0.25) is 0 Å². The van der Waals surface area contributed by atoms with Gasteiger partial charge >= 0.3 is 5.97 Å². The number of nitriles is 1. The molecule has 1 amide bonds. The van der Waals surface area contributed by atoms with Crippen molar-refractivity contribution < 1.29 is 14.3 Å². The maximum Gasteiger partial charge on any atom is 0.360 e. The number of nitrogens with zero attached hydrogens (tertiary/aromatic N) is 2. The number of para-hydroxylation sites is 1. The standard InChI is InChI=1S/C18H20N4O3/c1-12(16(23)20-18(11-19)9-5-2-6-10-18)25-17(24)15-13-7-3-4-8-14(13)21-22-15/h3-4,7-8,12H,2,5-6,9-10H2,1H3,(H,20,23)(H,21,22)/t12-/m0/s1. The van der Waals surface area contributed by atoms with Gasteiger partial charge in [-0.2, -0.15) is 10.4 Å². The molecule has 0 saturated heterocycles. The van der Waals surface area contributed by atoms with Crippen LogP contribution in [0, 0.1) is 11.3 Å². The van der Waals surface area contributed by atoms with Crippen molar-refractivity contribution in [3.63, 3.8) is 0 Å². The highest BCUT2D eigenvalue weighted by atomic mass is 16.5. The summed E-state index contributed by atoms with van der Waals surface area (Å²) in [6.45, 7) is 1.50. The largest absolute Gasteiger partial charge is 0.448 e. The fraction of sp³-hybridized carbons (Fsp3) is 0.444. The van der Waals surface area contributed by atoms with Crippen molar-refractivity contribution in [2.75, 3.05) is 0 Å². The van der Waals surface area contributed by atoms with Gasteiger partial charge in [-0.15, -0.1) is 0 Å². The maximum atomic E-state index is 12.4. The first-order valence-corrected chi connectivity index (χ1v) is 8.42. The van der Waals surface area contributed by atoms with Crippen LogP contribution in [0.4, 0.5) is 0 Å². The first-order valence-electron chi connectivity index (χ1n) is 8.42. The Morgan fingerprint density at radius 1 is 1.32 bits per heavy atom. The number of amides is 1. The molecule has 0 unspecified atom stereocenters. The lowest BCUT2D eigenvalue weighted by Crippen LogP contribution is -2.52. The van der Waals surface area contributed by atoms with Crippen LogP contribution in [0.3, 0.4) is 0 Å². The molecule has 3 rings (SSSR count). The molecule has 2 N–H and O–H groups in total. The van der Waals surface area contributed by atoms with Gasteiger partial charge < -0.3 is 10.1 Å². The van der Waals surface area contributed by atoms with Crippen LogP contribution in [0.25, 0.3) is 10.9 Å². The summed E-state index contributed by atoms with van der Waals surface area (Å²) in [6, 6.07) is 9.40. The highest BCUT2D eigenvalue weighted by Gasteiger charge is 2.35. The lowest BCUT2D eigenvalue weighted by molar-refractivity contribution is -0.130. The number of nitrogens with one attached hydrogen (secondary N) is 2. The van der Waals surface area contributed by atoms with Crippen molar-refractivity contribution in [1.29, 1.82) is 5.26 Å². The van der Waals surface area contributed by atoms with Crippen LogP contribution in [0.5, 0.6) is 0 Å². The Kier molecular flexibility index (Phi) is 4.70. The van der Waals surface area contributed by atoms with E-state index in [4.69, 9.17) is 4.74 Å². The number of H-pyrrole nitrogens is 1. The Hall–Kier alpha value is -2.88. The van der Waals surface area contributed by atoms with Gasteiger partial charge in [0.2, 0.25) is 0 Å². The summed E-state index contributed by atoms with van der Waals surface area (Å²) in [6.07, 6.45) is 3.12. The van der Waals surface area contributed by atoms with Crippen molar-refractivity contribution in [1.82, 2.24) is 15.5 Å². The molecule has 25 heavy (non-hydrogen) atoms. The molecule has 1 aromatic heterocycles. The average Bonchev–Trinajstić information content (AvgIpc) is 3.06. The van der Waals surface area contributed by atoms with Gasteiger partial charge in [-0.1, -0.05) is 37.5 Å². The average molecular weight is 340 g/mol. The minimum absolute atomic E-state index is 0.142. The third-order valence-corrected chi connectivity index (χ3v) is 4.60. The van der Waals surface area contributed by atoms with E-state index in [-0.39, 0.29) is 5.69 Å². The lowest BCUT2D eigenvalue weighted by atomic mass is 9.83. The molecule has 1 aliphatic rings. The Balaban J connectivity index is 1.67. The van der Waals surface area contributed by atoms with Crippen LogP contribution in [-0.4, -0.2) is 33.7 Å². The topological polar surface area (TPSA) is 108 Å². The molecule has 1 fully saturated rings. The van der Waals surface area contributed by atoms with Gasteiger partial charge in [-0.3, -0.25) is 9.89 Å². The molecule has 1 aromatic carbocycles. The smallest absolute Gasteiger partial charge is 0.360 e. The van der Waals surface area contributed by atoms with Gasteiger partial charge in [0, 0.05) is 5.39 Å². The van der Waals surface area contributed by atoms with Crippen molar-refractivity contribution in [3.05, 3.63) is 30.0 Å². The quantitative estimate of drug-likeness (QED) is 0.831. The normalized spacial score (nSPS) is 17.4. The summed E-state index contributed by atoms with van der Waals surface area (Å²) < 4.78 is 5.25. The lowest BCUT2D eigenvalue weighted by Gasteiger charge is -2.32. The second-order valence-electron chi connectivity index (χ2n) is 6.41. The number of rotatable bonds is 4. The summed E-state index contributed by atoms with van der Waals surface area (Å²) in [5.41, 5.74) is 0.00906. The molecular formula is C18H20N4O3. The van der Waals surface area contributed by atoms with E-state index < -0.39 is 23.5 Å². The molecule has 1 saturated carbocycles.